The van der Waals surface area contributed by atoms with Gasteiger partial charge in [0.05, 0.1) is 19.3 Å². The molecule has 5 rings (SSSR count). The SMILES string of the molecule is COc1nc(-c2nc3n(n2)CC[C@@H](c2ccc(C(F)(F)F)cc2)[C@@H]3C)ccc1N1C=C(C)NC1. The lowest BCUT2D eigenvalue weighted by Crippen LogP contribution is -2.22. The first-order chi connectivity index (χ1) is 16.2. The Morgan fingerprint density at radius 2 is 1.85 bits per heavy atom. The molecule has 7 nitrogen and oxygen atoms in total. The van der Waals surface area contributed by atoms with Gasteiger partial charge < -0.3 is 15.0 Å². The number of allylic oxidation sites excluding steroid dienone is 1. The number of anilines is 1. The Hall–Kier alpha value is -3.56. The van der Waals surface area contributed by atoms with E-state index in [4.69, 9.17) is 9.72 Å². The zero-order valence-corrected chi connectivity index (χ0v) is 19.1. The monoisotopic (exact) mass is 470 g/mol. The molecular weight excluding hydrogens is 445 g/mol. The number of methoxy groups -OCH3 is 1. The highest BCUT2D eigenvalue weighted by molar-refractivity contribution is 5.63. The molecule has 0 fully saturated rings. The molecule has 0 radical (unpaired) electrons. The number of aromatic nitrogens is 4. The summed E-state index contributed by atoms with van der Waals surface area (Å²) in [6.45, 7) is 5.31. The van der Waals surface area contributed by atoms with E-state index in [1.165, 1.54) is 0 Å². The van der Waals surface area contributed by atoms with Gasteiger partial charge in [-0.1, -0.05) is 19.1 Å². The summed E-state index contributed by atoms with van der Waals surface area (Å²) >= 11 is 0. The number of alkyl halides is 3. The minimum absolute atomic E-state index is 0.00306. The summed E-state index contributed by atoms with van der Waals surface area (Å²) in [6, 6.07) is 9.26. The molecule has 0 bridgehead atoms. The normalized spacial score (nSPS) is 20.1. The van der Waals surface area contributed by atoms with Crippen molar-refractivity contribution >= 4 is 5.69 Å². The zero-order valence-electron chi connectivity index (χ0n) is 19.1. The summed E-state index contributed by atoms with van der Waals surface area (Å²) in [5.74, 6) is 1.85. The first kappa shape index (κ1) is 22.2. The van der Waals surface area contributed by atoms with Crippen molar-refractivity contribution in [3.8, 4) is 17.4 Å². The lowest BCUT2D eigenvalue weighted by Gasteiger charge is -2.29. The number of hydrogen-bond donors (Lipinski definition) is 1. The lowest BCUT2D eigenvalue weighted by molar-refractivity contribution is -0.137. The summed E-state index contributed by atoms with van der Waals surface area (Å²) in [7, 11) is 1.58. The maximum atomic E-state index is 12.9. The summed E-state index contributed by atoms with van der Waals surface area (Å²) < 4.78 is 46.2. The van der Waals surface area contributed by atoms with Gasteiger partial charge in [0, 0.05) is 24.4 Å². The van der Waals surface area contributed by atoms with Gasteiger partial charge in [0.15, 0.2) is 5.82 Å². The molecule has 34 heavy (non-hydrogen) atoms. The molecule has 2 aliphatic rings. The molecule has 0 spiro atoms. The number of halogens is 3. The molecule has 2 aromatic heterocycles. The highest BCUT2D eigenvalue weighted by atomic mass is 19.4. The van der Waals surface area contributed by atoms with Crippen LogP contribution in [-0.2, 0) is 12.7 Å². The number of ether oxygens (including phenoxy) is 1. The standard InChI is InChI=1S/C24H25F3N6O/c1-14-12-32(13-28-14)20-9-8-19(29-23(20)34-3)21-30-22-15(2)18(10-11-33(22)31-21)16-4-6-17(7-5-16)24(25,26)27/h4-9,12,15,18,28H,10-11,13H2,1-3H3/t15-,18+/m0/s1. The second-order valence-electron chi connectivity index (χ2n) is 8.66. The minimum atomic E-state index is -4.34. The van der Waals surface area contributed by atoms with E-state index in [0.29, 0.717) is 30.6 Å². The van der Waals surface area contributed by atoms with Crippen LogP contribution in [0, 0.1) is 0 Å². The molecule has 0 aliphatic carbocycles. The number of benzene rings is 1. The maximum absolute atomic E-state index is 12.9. The minimum Gasteiger partial charge on any atom is -0.479 e. The van der Waals surface area contributed by atoms with Gasteiger partial charge in [0.1, 0.15) is 17.2 Å². The van der Waals surface area contributed by atoms with Crippen molar-refractivity contribution in [2.75, 3.05) is 18.7 Å². The molecule has 3 aromatic rings. The zero-order chi connectivity index (χ0) is 24.0. The largest absolute Gasteiger partial charge is 0.479 e. The van der Waals surface area contributed by atoms with Crippen LogP contribution in [0.4, 0.5) is 18.9 Å². The second-order valence-corrected chi connectivity index (χ2v) is 8.66. The van der Waals surface area contributed by atoms with Gasteiger partial charge in [-0.25, -0.2) is 14.6 Å². The van der Waals surface area contributed by atoms with E-state index in [-0.39, 0.29) is 11.8 Å². The third kappa shape index (κ3) is 3.97. The third-order valence-electron chi connectivity index (χ3n) is 6.48. The Morgan fingerprint density at radius 1 is 1.09 bits per heavy atom. The van der Waals surface area contributed by atoms with E-state index in [0.717, 1.165) is 41.3 Å². The van der Waals surface area contributed by atoms with Crippen molar-refractivity contribution in [1.82, 2.24) is 25.1 Å². The van der Waals surface area contributed by atoms with Gasteiger partial charge in [-0.15, -0.1) is 5.10 Å². The molecule has 0 amide bonds. The quantitative estimate of drug-likeness (QED) is 0.586. The first-order valence-electron chi connectivity index (χ1n) is 11.1. The van der Waals surface area contributed by atoms with Crippen molar-refractivity contribution in [3.63, 3.8) is 0 Å². The van der Waals surface area contributed by atoms with Gasteiger partial charge >= 0.3 is 6.18 Å². The summed E-state index contributed by atoms with van der Waals surface area (Å²) in [5, 5.41) is 7.91. The summed E-state index contributed by atoms with van der Waals surface area (Å²) in [5.41, 5.74) is 2.75. The maximum Gasteiger partial charge on any atom is 0.416 e. The van der Waals surface area contributed by atoms with Crippen LogP contribution in [0.15, 0.2) is 48.3 Å². The van der Waals surface area contributed by atoms with Crippen LogP contribution in [0.3, 0.4) is 0 Å². The predicted molar refractivity (Wildman–Crippen MR) is 121 cm³/mol. The average molecular weight is 470 g/mol. The van der Waals surface area contributed by atoms with Crippen LogP contribution in [0.1, 0.15) is 49.1 Å². The fraction of sp³-hybridized carbons (Fsp3) is 0.375. The molecular formula is C24H25F3N6O. The van der Waals surface area contributed by atoms with E-state index >= 15 is 0 Å². The van der Waals surface area contributed by atoms with E-state index in [9.17, 15) is 13.2 Å². The van der Waals surface area contributed by atoms with Gasteiger partial charge in [-0.2, -0.15) is 13.2 Å². The molecule has 1 aromatic carbocycles. The summed E-state index contributed by atoms with van der Waals surface area (Å²) in [6.07, 6.45) is -1.57. The number of pyridine rings is 1. The molecule has 2 aliphatic heterocycles. The third-order valence-corrected chi connectivity index (χ3v) is 6.48. The Kier molecular flexibility index (Phi) is 5.45. The number of aryl methyl sites for hydroxylation is 1. The Bertz CT molecular complexity index is 1230. The highest BCUT2D eigenvalue weighted by Crippen LogP contribution is 2.40. The molecule has 0 saturated heterocycles. The smallest absolute Gasteiger partial charge is 0.416 e. The number of nitrogens with one attached hydrogen (secondary N) is 1. The van der Waals surface area contributed by atoms with Crippen molar-refractivity contribution in [2.45, 2.75) is 44.8 Å². The van der Waals surface area contributed by atoms with Crippen LogP contribution in [0.2, 0.25) is 0 Å². The molecule has 2 atom stereocenters. The topological polar surface area (TPSA) is 68.1 Å². The first-order valence-corrected chi connectivity index (χ1v) is 11.1. The van der Waals surface area contributed by atoms with Gasteiger partial charge in [0.2, 0.25) is 5.88 Å². The van der Waals surface area contributed by atoms with Crippen molar-refractivity contribution in [3.05, 3.63) is 65.2 Å². The van der Waals surface area contributed by atoms with Crippen molar-refractivity contribution < 1.29 is 17.9 Å². The van der Waals surface area contributed by atoms with E-state index < -0.39 is 11.7 Å². The number of hydrogen-bond acceptors (Lipinski definition) is 6. The Morgan fingerprint density at radius 3 is 2.50 bits per heavy atom. The average Bonchev–Trinajstić information content (AvgIpc) is 3.45. The molecule has 1 N–H and O–H groups in total. The number of fused-ring (bicyclic) bond motifs is 1. The van der Waals surface area contributed by atoms with Crippen LogP contribution >= 0.6 is 0 Å². The fourth-order valence-corrected chi connectivity index (χ4v) is 4.65. The molecule has 0 saturated carbocycles. The Balaban J connectivity index is 1.41. The van der Waals surface area contributed by atoms with Crippen molar-refractivity contribution in [2.24, 2.45) is 0 Å². The molecule has 178 valence electrons. The summed E-state index contributed by atoms with van der Waals surface area (Å²) in [4.78, 5) is 11.4. The van der Waals surface area contributed by atoms with Crippen LogP contribution in [-0.4, -0.2) is 33.5 Å². The lowest BCUT2D eigenvalue weighted by atomic mass is 9.82. The molecule has 4 heterocycles. The predicted octanol–water partition coefficient (Wildman–Crippen LogP) is 4.89. The highest BCUT2D eigenvalue weighted by Gasteiger charge is 2.33. The molecule has 0 unspecified atom stereocenters. The van der Waals surface area contributed by atoms with Crippen LogP contribution in [0.5, 0.6) is 5.88 Å². The van der Waals surface area contributed by atoms with Crippen molar-refractivity contribution in [1.29, 1.82) is 0 Å². The van der Waals surface area contributed by atoms with E-state index in [2.05, 4.69) is 15.4 Å². The van der Waals surface area contributed by atoms with Crippen LogP contribution < -0.4 is 15.0 Å². The van der Waals surface area contributed by atoms with E-state index in [1.54, 1.807) is 19.2 Å². The second kappa shape index (κ2) is 8.34. The number of rotatable bonds is 4. The number of nitrogens with zero attached hydrogens (tertiary/aromatic N) is 5. The van der Waals surface area contributed by atoms with Gasteiger partial charge in [-0.3, -0.25) is 0 Å². The van der Waals surface area contributed by atoms with Crippen LogP contribution in [0.25, 0.3) is 11.5 Å². The van der Waals surface area contributed by atoms with E-state index in [1.807, 2.05) is 41.8 Å². The van der Waals surface area contributed by atoms with Gasteiger partial charge in [0.25, 0.3) is 0 Å². The van der Waals surface area contributed by atoms with Gasteiger partial charge in [-0.05, 0) is 49.1 Å². The fourth-order valence-electron chi connectivity index (χ4n) is 4.65. The molecule has 10 heteroatoms. The Labute approximate surface area is 195 Å².